The van der Waals surface area contributed by atoms with Gasteiger partial charge >= 0.3 is 5.97 Å². The van der Waals surface area contributed by atoms with E-state index in [1.165, 1.54) is 11.0 Å². The number of amides is 1. The van der Waals surface area contributed by atoms with Gasteiger partial charge in [0.2, 0.25) is 5.91 Å². The Morgan fingerprint density at radius 3 is 2.48 bits per heavy atom. The van der Waals surface area contributed by atoms with Crippen molar-refractivity contribution in [1.29, 1.82) is 0 Å². The number of hydrogen-bond acceptors (Lipinski definition) is 2. The van der Waals surface area contributed by atoms with Crippen LogP contribution in [0.5, 0.6) is 0 Å². The van der Waals surface area contributed by atoms with Crippen molar-refractivity contribution in [1.82, 2.24) is 4.90 Å². The number of rotatable bonds is 6. The van der Waals surface area contributed by atoms with Crippen molar-refractivity contribution in [3.8, 4) is 0 Å². The minimum absolute atomic E-state index is 0.122. The second kappa shape index (κ2) is 7.54. The first-order valence-corrected chi connectivity index (χ1v) is 7.43. The van der Waals surface area contributed by atoms with Gasteiger partial charge < -0.3 is 10.0 Å². The van der Waals surface area contributed by atoms with Crippen LogP contribution in [0.1, 0.15) is 19.4 Å². The summed E-state index contributed by atoms with van der Waals surface area (Å²) in [6, 6.07) is 4.65. The Morgan fingerprint density at radius 1 is 1.33 bits per heavy atom. The molecular formula is C15H19BrFNO3. The molecule has 0 heterocycles. The number of nitrogens with zero attached hydrogens (tertiary/aromatic N) is 1. The number of halogens is 2. The fraction of sp³-hybridized carbons (Fsp3) is 0.467. The highest BCUT2D eigenvalue weighted by Gasteiger charge is 2.22. The SMILES string of the molecule is CC(CN(C)C(=O)C(C)Cc1ccc(F)c(Br)c1)C(=O)O. The number of carboxylic acids is 1. The van der Waals surface area contributed by atoms with Crippen LogP contribution >= 0.6 is 15.9 Å². The van der Waals surface area contributed by atoms with Gasteiger partial charge in [-0.05, 0) is 40.0 Å². The topological polar surface area (TPSA) is 57.6 Å². The van der Waals surface area contributed by atoms with Crippen LogP contribution in [0.25, 0.3) is 0 Å². The molecule has 2 unspecified atom stereocenters. The third-order valence-corrected chi connectivity index (χ3v) is 3.90. The summed E-state index contributed by atoms with van der Waals surface area (Å²) in [6.45, 7) is 3.51. The van der Waals surface area contributed by atoms with Gasteiger partial charge in [-0.15, -0.1) is 0 Å². The summed E-state index contributed by atoms with van der Waals surface area (Å²) in [5, 5.41) is 8.86. The van der Waals surface area contributed by atoms with E-state index < -0.39 is 11.9 Å². The van der Waals surface area contributed by atoms with Crippen LogP contribution in [-0.4, -0.2) is 35.5 Å². The molecule has 0 saturated heterocycles. The molecule has 6 heteroatoms. The Kier molecular flexibility index (Phi) is 6.33. The Labute approximate surface area is 132 Å². The van der Waals surface area contributed by atoms with Gasteiger partial charge in [-0.1, -0.05) is 19.9 Å². The van der Waals surface area contributed by atoms with E-state index >= 15 is 0 Å². The number of benzene rings is 1. The van der Waals surface area contributed by atoms with Crippen molar-refractivity contribution in [2.75, 3.05) is 13.6 Å². The molecule has 0 saturated carbocycles. The molecule has 116 valence electrons. The van der Waals surface area contributed by atoms with Gasteiger partial charge in [0.15, 0.2) is 0 Å². The maximum absolute atomic E-state index is 13.2. The predicted octanol–water partition coefficient (Wildman–Crippen LogP) is 2.95. The number of hydrogen-bond donors (Lipinski definition) is 1. The van der Waals surface area contributed by atoms with Crippen LogP contribution in [0.15, 0.2) is 22.7 Å². The van der Waals surface area contributed by atoms with Crippen LogP contribution in [0.4, 0.5) is 4.39 Å². The molecule has 4 nitrogen and oxygen atoms in total. The van der Waals surface area contributed by atoms with Gasteiger partial charge in [0.25, 0.3) is 0 Å². The molecule has 2 atom stereocenters. The first kappa shape index (κ1) is 17.6. The molecule has 0 aliphatic heterocycles. The van der Waals surface area contributed by atoms with Gasteiger partial charge in [-0.2, -0.15) is 0 Å². The maximum Gasteiger partial charge on any atom is 0.308 e. The lowest BCUT2D eigenvalue weighted by Gasteiger charge is -2.23. The summed E-state index contributed by atoms with van der Waals surface area (Å²) in [7, 11) is 1.60. The fourth-order valence-electron chi connectivity index (χ4n) is 2.06. The molecule has 1 amide bonds. The van der Waals surface area contributed by atoms with Crippen molar-refractivity contribution in [2.24, 2.45) is 11.8 Å². The summed E-state index contributed by atoms with van der Waals surface area (Å²) < 4.78 is 13.5. The zero-order chi connectivity index (χ0) is 16.2. The van der Waals surface area contributed by atoms with Crippen molar-refractivity contribution in [3.05, 3.63) is 34.1 Å². The maximum atomic E-state index is 13.2. The predicted molar refractivity (Wildman–Crippen MR) is 81.4 cm³/mol. The van der Waals surface area contributed by atoms with Crippen molar-refractivity contribution in [2.45, 2.75) is 20.3 Å². The molecule has 1 aromatic carbocycles. The molecular weight excluding hydrogens is 341 g/mol. The van der Waals surface area contributed by atoms with Crippen LogP contribution in [0.3, 0.4) is 0 Å². The Bertz CT molecular complexity index is 536. The second-order valence-corrected chi connectivity index (χ2v) is 6.17. The summed E-state index contributed by atoms with van der Waals surface area (Å²) in [4.78, 5) is 24.4. The zero-order valence-electron chi connectivity index (χ0n) is 12.3. The van der Waals surface area contributed by atoms with E-state index in [-0.39, 0.29) is 24.2 Å². The largest absolute Gasteiger partial charge is 0.481 e. The molecule has 0 aromatic heterocycles. The Morgan fingerprint density at radius 2 is 1.95 bits per heavy atom. The van der Waals surface area contributed by atoms with E-state index in [1.807, 2.05) is 0 Å². The van der Waals surface area contributed by atoms with Crippen LogP contribution < -0.4 is 0 Å². The number of carbonyl (C=O) groups excluding carboxylic acids is 1. The highest BCUT2D eigenvalue weighted by Crippen LogP contribution is 2.19. The van der Waals surface area contributed by atoms with Gasteiger partial charge in [-0.25, -0.2) is 4.39 Å². The molecule has 1 N–H and O–H groups in total. The van der Waals surface area contributed by atoms with Gasteiger partial charge in [0.1, 0.15) is 5.82 Å². The lowest BCUT2D eigenvalue weighted by molar-refractivity contribution is -0.143. The van der Waals surface area contributed by atoms with E-state index in [0.717, 1.165) is 5.56 Å². The highest BCUT2D eigenvalue weighted by molar-refractivity contribution is 9.10. The molecule has 0 aliphatic carbocycles. The summed E-state index contributed by atoms with van der Waals surface area (Å²) in [5.41, 5.74) is 0.851. The van der Waals surface area contributed by atoms with Gasteiger partial charge in [0, 0.05) is 19.5 Å². The first-order chi connectivity index (χ1) is 9.72. The molecule has 0 fully saturated rings. The average molecular weight is 360 g/mol. The normalized spacial score (nSPS) is 13.6. The summed E-state index contributed by atoms with van der Waals surface area (Å²) >= 11 is 3.12. The monoisotopic (exact) mass is 359 g/mol. The Hall–Kier alpha value is -1.43. The van der Waals surface area contributed by atoms with Crippen LogP contribution in [0, 0.1) is 17.7 Å². The molecule has 0 spiro atoms. The number of carboxylic acid groups (broad SMARTS) is 1. The third-order valence-electron chi connectivity index (χ3n) is 3.29. The smallest absolute Gasteiger partial charge is 0.308 e. The van der Waals surface area contributed by atoms with Gasteiger partial charge in [0.05, 0.1) is 10.4 Å². The van der Waals surface area contributed by atoms with Crippen molar-refractivity contribution < 1.29 is 19.1 Å². The van der Waals surface area contributed by atoms with E-state index in [1.54, 1.807) is 33.0 Å². The third kappa shape index (κ3) is 5.12. The van der Waals surface area contributed by atoms with Crippen LogP contribution in [-0.2, 0) is 16.0 Å². The molecule has 1 aromatic rings. The zero-order valence-corrected chi connectivity index (χ0v) is 13.9. The second-order valence-electron chi connectivity index (χ2n) is 5.31. The average Bonchev–Trinajstić information content (AvgIpc) is 2.41. The molecule has 0 bridgehead atoms. The standard InChI is InChI=1S/C15H19BrFNO3/c1-9(6-11-4-5-13(17)12(16)7-11)14(19)18(3)8-10(2)15(20)21/h4-5,7,9-10H,6,8H2,1-3H3,(H,20,21). The molecule has 21 heavy (non-hydrogen) atoms. The highest BCUT2D eigenvalue weighted by atomic mass is 79.9. The van der Waals surface area contributed by atoms with E-state index in [4.69, 9.17) is 5.11 Å². The minimum atomic E-state index is -0.926. The fourth-order valence-corrected chi connectivity index (χ4v) is 2.49. The van der Waals surface area contributed by atoms with Crippen molar-refractivity contribution >= 4 is 27.8 Å². The van der Waals surface area contributed by atoms with Crippen molar-refractivity contribution in [3.63, 3.8) is 0 Å². The molecule has 0 radical (unpaired) electrons. The quantitative estimate of drug-likeness (QED) is 0.849. The lowest BCUT2D eigenvalue weighted by Crippen LogP contribution is -2.37. The van der Waals surface area contributed by atoms with E-state index in [0.29, 0.717) is 10.9 Å². The number of carbonyl (C=O) groups is 2. The van der Waals surface area contributed by atoms with Crippen LogP contribution in [0.2, 0.25) is 0 Å². The van der Waals surface area contributed by atoms with Gasteiger partial charge in [-0.3, -0.25) is 9.59 Å². The number of aliphatic carboxylic acids is 1. The molecule has 0 aliphatic rings. The Balaban J connectivity index is 2.65. The van der Waals surface area contributed by atoms with E-state index in [2.05, 4.69) is 15.9 Å². The minimum Gasteiger partial charge on any atom is -0.481 e. The summed E-state index contributed by atoms with van der Waals surface area (Å²) in [6.07, 6.45) is 0.476. The molecule has 1 rings (SSSR count). The van der Waals surface area contributed by atoms with E-state index in [9.17, 15) is 14.0 Å². The lowest BCUT2D eigenvalue weighted by atomic mass is 9.99. The first-order valence-electron chi connectivity index (χ1n) is 6.64. The summed E-state index contributed by atoms with van der Waals surface area (Å²) in [5.74, 6) is -2.29.